The number of hydrogen-bond acceptors (Lipinski definition) is 1. The lowest BCUT2D eigenvalue weighted by Gasteiger charge is -1.85. The molecule has 0 aliphatic heterocycles. The predicted molar refractivity (Wildman–Crippen MR) is 35.1 cm³/mol. The molecule has 0 aromatic rings. The van der Waals surface area contributed by atoms with E-state index < -0.39 is 0 Å². The van der Waals surface area contributed by atoms with Crippen LogP contribution < -0.4 is 5.32 Å². The van der Waals surface area contributed by atoms with E-state index in [0.717, 1.165) is 0 Å². The third kappa shape index (κ3) is 3.28. The van der Waals surface area contributed by atoms with Gasteiger partial charge in [0.1, 0.15) is 0 Å². The molecule has 0 unspecified atom stereocenters. The maximum atomic E-state index is 4.67. The molecule has 0 aliphatic carbocycles. The summed E-state index contributed by atoms with van der Waals surface area (Å²) in [6.45, 7) is 1.75. The van der Waals surface area contributed by atoms with Gasteiger partial charge in [-0.3, -0.25) is 0 Å². The highest BCUT2D eigenvalue weighted by molar-refractivity contribution is 7.80. The summed E-state index contributed by atoms with van der Waals surface area (Å²) in [5.74, 6) is 5.33. The Labute approximate surface area is 49.1 Å². The number of hydrogen-bond donors (Lipinski definition) is 1. The molecule has 0 radical (unpaired) electrons. The lowest BCUT2D eigenvalue weighted by molar-refractivity contribution is 1.22. The second-order valence-corrected chi connectivity index (χ2v) is 1.36. The van der Waals surface area contributed by atoms with Gasteiger partial charge in [0.15, 0.2) is 4.99 Å². The molecule has 0 rings (SSSR count). The molecule has 1 nitrogen and oxygen atoms in total. The van der Waals surface area contributed by atoms with Gasteiger partial charge in [-0.25, -0.2) is 0 Å². The summed E-state index contributed by atoms with van der Waals surface area (Å²) in [5, 5.41) is 2.72. The smallest absolute Gasteiger partial charge is 0.150 e. The fourth-order valence-corrected chi connectivity index (χ4v) is 0.278. The monoisotopic (exact) mass is 113 g/mol. The molecule has 0 aliphatic rings. The minimum Gasteiger partial charge on any atom is -0.372 e. The van der Waals surface area contributed by atoms with E-state index in [4.69, 9.17) is 0 Å². The second-order valence-electron chi connectivity index (χ2n) is 0.954. The molecule has 0 saturated heterocycles. The summed E-state index contributed by atoms with van der Waals surface area (Å²) in [6.07, 6.45) is 0. The van der Waals surface area contributed by atoms with Crippen LogP contribution in [0.2, 0.25) is 0 Å². The van der Waals surface area contributed by atoms with Crippen LogP contribution in [-0.4, -0.2) is 12.0 Å². The standard InChI is InChI=1S/C5H7NS/c1-3-4-5(7)6-2/h1-2H3,(H,6,7). The summed E-state index contributed by atoms with van der Waals surface area (Å²) in [4.78, 5) is 0.600. The van der Waals surface area contributed by atoms with Crippen LogP contribution in [0.1, 0.15) is 6.92 Å². The van der Waals surface area contributed by atoms with Crippen molar-refractivity contribution in [1.29, 1.82) is 0 Å². The van der Waals surface area contributed by atoms with Crippen LogP contribution >= 0.6 is 12.2 Å². The first-order chi connectivity index (χ1) is 3.31. The molecule has 2 heteroatoms. The highest BCUT2D eigenvalue weighted by Crippen LogP contribution is 1.61. The minimum atomic E-state index is 0.600. The van der Waals surface area contributed by atoms with Crippen LogP contribution in [0.15, 0.2) is 0 Å². The summed E-state index contributed by atoms with van der Waals surface area (Å²) in [5.41, 5.74) is 0. The van der Waals surface area contributed by atoms with E-state index in [2.05, 4.69) is 29.4 Å². The Hall–Kier alpha value is -0.550. The quantitative estimate of drug-likeness (QED) is 0.364. The molecule has 0 heterocycles. The molecule has 0 saturated carbocycles. The molecule has 7 heavy (non-hydrogen) atoms. The Kier molecular flexibility index (Phi) is 3.35. The second kappa shape index (κ2) is 3.63. The molecule has 0 atom stereocenters. The van der Waals surface area contributed by atoms with E-state index in [9.17, 15) is 0 Å². The highest BCUT2D eigenvalue weighted by atomic mass is 32.1. The molecular weight excluding hydrogens is 106 g/mol. The number of nitrogens with one attached hydrogen (secondary N) is 1. The zero-order valence-electron chi connectivity index (χ0n) is 4.41. The molecule has 38 valence electrons. The average Bonchev–Trinajstić information content (AvgIpc) is 1.68. The van der Waals surface area contributed by atoms with Crippen LogP contribution in [0.5, 0.6) is 0 Å². The lowest BCUT2D eigenvalue weighted by atomic mass is 10.6. The normalized spacial score (nSPS) is 6.00. The Balaban J connectivity index is 3.52. The van der Waals surface area contributed by atoms with E-state index in [1.54, 1.807) is 14.0 Å². The first-order valence-corrected chi connectivity index (χ1v) is 2.36. The van der Waals surface area contributed by atoms with Crippen LogP contribution in [0.25, 0.3) is 0 Å². The Morgan fingerprint density at radius 2 is 2.29 bits per heavy atom. The van der Waals surface area contributed by atoms with Gasteiger partial charge in [0.05, 0.1) is 0 Å². The van der Waals surface area contributed by atoms with Gasteiger partial charge in [0, 0.05) is 7.05 Å². The van der Waals surface area contributed by atoms with Crippen molar-refractivity contribution in [2.45, 2.75) is 6.92 Å². The lowest BCUT2D eigenvalue weighted by Crippen LogP contribution is -2.11. The van der Waals surface area contributed by atoms with Crippen molar-refractivity contribution in [3.63, 3.8) is 0 Å². The van der Waals surface area contributed by atoms with Gasteiger partial charge in [-0.05, 0) is 12.8 Å². The topological polar surface area (TPSA) is 12.0 Å². The maximum Gasteiger partial charge on any atom is 0.150 e. The van der Waals surface area contributed by atoms with Gasteiger partial charge < -0.3 is 5.32 Å². The van der Waals surface area contributed by atoms with Crippen molar-refractivity contribution >= 4 is 17.2 Å². The summed E-state index contributed by atoms with van der Waals surface area (Å²) in [7, 11) is 1.76. The minimum absolute atomic E-state index is 0.600. The van der Waals surface area contributed by atoms with Crippen molar-refractivity contribution in [1.82, 2.24) is 5.32 Å². The van der Waals surface area contributed by atoms with Gasteiger partial charge in [0.25, 0.3) is 0 Å². The Bertz CT molecular complexity index is 118. The molecule has 0 aromatic heterocycles. The van der Waals surface area contributed by atoms with Crippen molar-refractivity contribution < 1.29 is 0 Å². The number of rotatable bonds is 0. The van der Waals surface area contributed by atoms with Crippen molar-refractivity contribution in [2.75, 3.05) is 7.05 Å². The zero-order chi connectivity index (χ0) is 5.70. The molecule has 0 bridgehead atoms. The van der Waals surface area contributed by atoms with Crippen LogP contribution in [-0.2, 0) is 0 Å². The zero-order valence-corrected chi connectivity index (χ0v) is 5.22. The Morgan fingerprint density at radius 3 is 2.43 bits per heavy atom. The highest BCUT2D eigenvalue weighted by Gasteiger charge is 1.74. The van der Waals surface area contributed by atoms with Crippen LogP contribution in [0, 0.1) is 11.8 Å². The fourth-order valence-electron chi connectivity index (χ4n) is 0.176. The Morgan fingerprint density at radius 1 is 1.71 bits per heavy atom. The maximum absolute atomic E-state index is 4.67. The van der Waals surface area contributed by atoms with Gasteiger partial charge in [-0.2, -0.15) is 0 Å². The summed E-state index contributed by atoms with van der Waals surface area (Å²) in [6, 6.07) is 0. The van der Waals surface area contributed by atoms with E-state index in [1.807, 2.05) is 0 Å². The largest absolute Gasteiger partial charge is 0.372 e. The molecule has 0 spiro atoms. The molecule has 1 N–H and O–H groups in total. The van der Waals surface area contributed by atoms with E-state index in [-0.39, 0.29) is 0 Å². The van der Waals surface area contributed by atoms with E-state index in [1.165, 1.54) is 0 Å². The third-order valence-electron chi connectivity index (χ3n) is 0.466. The first kappa shape index (κ1) is 6.45. The summed E-state index contributed by atoms with van der Waals surface area (Å²) < 4.78 is 0. The summed E-state index contributed by atoms with van der Waals surface area (Å²) >= 11 is 4.67. The van der Waals surface area contributed by atoms with Crippen molar-refractivity contribution in [3.05, 3.63) is 0 Å². The molecule has 0 amide bonds. The average molecular weight is 113 g/mol. The fraction of sp³-hybridized carbons (Fsp3) is 0.400. The first-order valence-electron chi connectivity index (χ1n) is 1.95. The van der Waals surface area contributed by atoms with Crippen molar-refractivity contribution in [3.8, 4) is 11.8 Å². The molecular formula is C5H7NS. The van der Waals surface area contributed by atoms with Gasteiger partial charge >= 0.3 is 0 Å². The SMILES string of the molecule is CC#CC(=S)NC. The van der Waals surface area contributed by atoms with Crippen molar-refractivity contribution in [2.24, 2.45) is 0 Å². The van der Waals surface area contributed by atoms with Gasteiger partial charge in [-0.1, -0.05) is 18.1 Å². The number of thiocarbonyl (C=S) groups is 1. The predicted octanol–water partition coefficient (Wildman–Crippen LogP) is 0.556. The van der Waals surface area contributed by atoms with Gasteiger partial charge in [-0.15, -0.1) is 0 Å². The third-order valence-corrected chi connectivity index (χ3v) is 0.772. The van der Waals surface area contributed by atoms with Crippen LogP contribution in [0.4, 0.5) is 0 Å². The molecule has 0 fully saturated rings. The van der Waals surface area contributed by atoms with Gasteiger partial charge in [0.2, 0.25) is 0 Å². The van der Waals surface area contributed by atoms with E-state index >= 15 is 0 Å². The van der Waals surface area contributed by atoms with E-state index in [0.29, 0.717) is 4.99 Å². The van der Waals surface area contributed by atoms with Crippen LogP contribution in [0.3, 0.4) is 0 Å². The molecule has 0 aromatic carbocycles.